The van der Waals surface area contributed by atoms with Gasteiger partial charge in [-0.2, -0.15) is 0 Å². The van der Waals surface area contributed by atoms with E-state index in [1.54, 1.807) is 0 Å². The summed E-state index contributed by atoms with van der Waals surface area (Å²) in [6.07, 6.45) is 0.00743. The summed E-state index contributed by atoms with van der Waals surface area (Å²) < 4.78 is 0. The first kappa shape index (κ1) is 17.3. The summed E-state index contributed by atoms with van der Waals surface area (Å²) in [5.41, 5.74) is -0.823. The molecule has 10 nitrogen and oxygen atoms in total. The average molecular weight is 332 g/mol. The van der Waals surface area contributed by atoms with Gasteiger partial charge in [-0.25, -0.2) is 9.78 Å². The van der Waals surface area contributed by atoms with E-state index in [0.717, 1.165) is 12.3 Å². The Labute approximate surface area is 127 Å². The molecule has 0 radical (unpaired) electrons. The van der Waals surface area contributed by atoms with Crippen LogP contribution in [0.1, 0.15) is 23.3 Å². The van der Waals surface area contributed by atoms with Gasteiger partial charge in [-0.1, -0.05) is 11.6 Å². The van der Waals surface area contributed by atoms with Crippen LogP contribution >= 0.6 is 11.6 Å². The maximum atomic E-state index is 11.9. The summed E-state index contributed by atoms with van der Waals surface area (Å²) in [4.78, 5) is 46.5. The average Bonchev–Trinajstić information content (AvgIpc) is 2.42. The number of carboxylic acids is 2. The fourth-order valence-corrected chi connectivity index (χ4v) is 1.69. The third-order valence-electron chi connectivity index (χ3n) is 2.50. The molecule has 22 heavy (non-hydrogen) atoms. The van der Waals surface area contributed by atoms with E-state index in [1.165, 1.54) is 0 Å². The zero-order valence-corrected chi connectivity index (χ0v) is 11.6. The molecule has 118 valence electrons. The lowest BCUT2D eigenvalue weighted by molar-refractivity contribution is -0.385. The van der Waals surface area contributed by atoms with Crippen molar-refractivity contribution in [1.82, 2.24) is 10.3 Å². The van der Waals surface area contributed by atoms with Crippen molar-refractivity contribution in [3.05, 3.63) is 33.1 Å². The molecule has 0 aliphatic rings. The van der Waals surface area contributed by atoms with E-state index in [1.807, 2.05) is 0 Å². The molecule has 0 aliphatic carbocycles. The van der Waals surface area contributed by atoms with Gasteiger partial charge in [0.25, 0.3) is 11.6 Å². The van der Waals surface area contributed by atoms with Crippen LogP contribution in [-0.4, -0.2) is 44.0 Å². The summed E-state index contributed by atoms with van der Waals surface area (Å²) >= 11 is 5.69. The fourth-order valence-electron chi connectivity index (χ4n) is 1.45. The van der Waals surface area contributed by atoms with Gasteiger partial charge in [0.05, 0.1) is 9.95 Å². The first-order valence-electron chi connectivity index (χ1n) is 5.77. The minimum atomic E-state index is -1.45. The van der Waals surface area contributed by atoms with Crippen LogP contribution in [0.2, 0.25) is 5.02 Å². The van der Waals surface area contributed by atoms with Crippen LogP contribution in [0, 0.1) is 10.1 Å². The number of amides is 1. The SMILES string of the molecule is O=C(O)CC[C@H](NC(=O)c1ncc([N+](=O)[O-])cc1Cl)C(=O)O. The standard InChI is InChI=1S/C11H10ClN3O7/c12-6-3-5(15(21)22)4-13-9(6)10(18)14-7(11(19)20)1-2-8(16)17/h3-4,7H,1-2H2,(H,14,18)(H,16,17)(H,19,20)/t7-/m0/s1. The van der Waals surface area contributed by atoms with E-state index in [-0.39, 0.29) is 11.4 Å². The van der Waals surface area contributed by atoms with Crippen molar-refractivity contribution in [2.24, 2.45) is 0 Å². The van der Waals surface area contributed by atoms with Crippen LogP contribution < -0.4 is 5.32 Å². The van der Waals surface area contributed by atoms with E-state index in [9.17, 15) is 24.5 Å². The molecule has 0 bridgehead atoms. The molecule has 1 aromatic heterocycles. The molecule has 1 amide bonds. The first-order chi connectivity index (χ1) is 10.2. The molecule has 1 atom stereocenters. The second-order valence-electron chi connectivity index (χ2n) is 4.08. The van der Waals surface area contributed by atoms with Crippen LogP contribution in [0.4, 0.5) is 5.69 Å². The Bertz CT molecular complexity index is 634. The molecule has 0 saturated carbocycles. The summed E-state index contributed by atoms with van der Waals surface area (Å²) in [6, 6.07) is -0.548. The van der Waals surface area contributed by atoms with Crippen LogP contribution in [-0.2, 0) is 9.59 Å². The predicted molar refractivity (Wildman–Crippen MR) is 71.7 cm³/mol. The maximum absolute atomic E-state index is 11.9. The molecular formula is C11H10ClN3O7. The zero-order valence-electron chi connectivity index (χ0n) is 10.9. The number of nitrogens with zero attached hydrogens (tertiary/aromatic N) is 2. The molecule has 1 rings (SSSR count). The summed E-state index contributed by atoms with van der Waals surface area (Å²) in [6.45, 7) is 0. The van der Waals surface area contributed by atoms with Gasteiger partial charge >= 0.3 is 11.9 Å². The Balaban J connectivity index is 2.88. The smallest absolute Gasteiger partial charge is 0.326 e. The van der Waals surface area contributed by atoms with Crippen LogP contribution in [0.25, 0.3) is 0 Å². The number of aromatic nitrogens is 1. The highest BCUT2D eigenvalue weighted by molar-refractivity contribution is 6.33. The Hall–Kier alpha value is -2.75. The molecule has 0 aliphatic heterocycles. The molecule has 0 saturated heterocycles. The van der Waals surface area contributed by atoms with E-state index < -0.39 is 46.6 Å². The fraction of sp³-hybridized carbons (Fsp3) is 0.273. The minimum Gasteiger partial charge on any atom is -0.481 e. The Kier molecular flexibility index (Phi) is 5.75. The van der Waals surface area contributed by atoms with Gasteiger partial charge < -0.3 is 15.5 Å². The van der Waals surface area contributed by atoms with Gasteiger partial charge in [0.2, 0.25) is 0 Å². The number of nitrogens with one attached hydrogen (secondary N) is 1. The second-order valence-corrected chi connectivity index (χ2v) is 4.48. The first-order valence-corrected chi connectivity index (χ1v) is 6.15. The Morgan fingerprint density at radius 1 is 1.41 bits per heavy atom. The van der Waals surface area contributed by atoms with Crippen molar-refractivity contribution in [3.8, 4) is 0 Å². The minimum absolute atomic E-state index is 0.325. The normalized spacial score (nSPS) is 11.5. The van der Waals surface area contributed by atoms with Crippen molar-refractivity contribution in [1.29, 1.82) is 0 Å². The van der Waals surface area contributed by atoms with Gasteiger partial charge in [0.1, 0.15) is 17.9 Å². The Morgan fingerprint density at radius 2 is 2.05 bits per heavy atom. The molecule has 0 fully saturated rings. The summed E-state index contributed by atoms with van der Waals surface area (Å²) in [5.74, 6) is -3.61. The number of nitro groups is 1. The topological polar surface area (TPSA) is 160 Å². The number of aliphatic carboxylic acids is 2. The van der Waals surface area contributed by atoms with Gasteiger partial charge in [0, 0.05) is 12.5 Å². The van der Waals surface area contributed by atoms with Gasteiger partial charge in [-0.05, 0) is 6.42 Å². The van der Waals surface area contributed by atoms with Crippen LogP contribution in [0.3, 0.4) is 0 Å². The molecule has 0 unspecified atom stereocenters. The molecule has 0 spiro atoms. The van der Waals surface area contributed by atoms with Gasteiger partial charge in [-0.15, -0.1) is 0 Å². The number of halogens is 1. The number of carbonyl (C=O) groups is 3. The lowest BCUT2D eigenvalue weighted by Crippen LogP contribution is -2.41. The monoisotopic (exact) mass is 331 g/mol. The van der Waals surface area contributed by atoms with Crippen molar-refractivity contribution in [3.63, 3.8) is 0 Å². The van der Waals surface area contributed by atoms with Crippen molar-refractivity contribution in [2.75, 3.05) is 0 Å². The molecule has 0 aromatic carbocycles. The summed E-state index contributed by atoms with van der Waals surface area (Å²) in [5, 5.41) is 29.7. The molecule has 1 heterocycles. The highest BCUT2D eigenvalue weighted by Crippen LogP contribution is 2.20. The van der Waals surface area contributed by atoms with E-state index >= 15 is 0 Å². The molecule has 3 N–H and O–H groups in total. The third-order valence-corrected chi connectivity index (χ3v) is 2.79. The largest absolute Gasteiger partial charge is 0.481 e. The van der Waals surface area contributed by atoms with Crippen LogP contribution in [0.15, 0.2) is 12.3 Å². The second kappa shape index (κ2) is 7.31. The molecule has 1 aromatic rings. The van der Waals surface area contributed by atoms with Crippen molar-refractivity contribution < 1.29 is 29.5 Å². The molecular weight excluding hydrogens is 322 g/mol. The predicted octanol–water partition coefficient (Wildman–Crippen LogP) is 0.691. The van der Waals surface area contributed by atoms with Crippen LogP contribution in [0.5, 0.6) is 0 Å². The third kappa shape index (κ3) is 4.66. The van der Waals surface area contributed by atoms with Gasteiger partial charge in [-0.3, -0.25) is 19.7 Å². The van der Waals surface area contributed by atoms with E-state index in [2.05, 4.69) is 10.3 Å². The lowest BCUT2D eigenvalue weighted by atomic mass is 10.1. The molecule has 11 heteroatoms. The number of hydrogen-bond donors (Lipinski definition) is 3. The summed E-state index contributed by atoms with van der Waals surface area (Å²) in [7, 11) is 0. The number of carbonyl (C=O) groups excluding carboxylic acids is 1. The van der Waals surface area contributed by atoms with E-state index in [0.29, 0.717) is 0 Å². The van der Waals surface area contributed by atoms with Gasteiger partial charge in [0.15, 0.2) is 0 Å². The number of hydrogen-bond acceptors (Lipinski definition) is 6. The van der Waals surface area contributed by atoms with Crippen molar-refractivity contribution in [2.45, 2.75) is 18.9 Å². The lowest BCUT2D eigenvalue weighted by Gasteiger charge is -2.13. The number of rotatable bonds is 7. The number of pyridine rings is 1. The number of carboxylic acid groups (broad SMARTS) is 2. The maximum Gasteiger partial charge on any atom is 0.326 e. The highest BCUT2D eigenvalue weighted by atomic mass is 35.5. The quantitative estimate of drug-likeness (QED) is 0.485. The highest BCUT2D eigenvalue weighted by Gasteiger charge is 2.24. The van der Waals surface area contributed by atoms with E-state index in [4.69, 9.17) is 21.8 Å². The van der Waals surface area contributed by atoms with Crippen molar-refractivity contribution >= 4 is 35.1 Å². The Morgan fingerprint density at radius 3 is 2.50 bits per heavy atom. The zero-order chi connectivity index (χ0) is 16.9.